The minimum atomic E-state index is 0.681. The second-order valence-corrected chi connectivity index (χ2v) is 8.09. The molecule has 4 saturated carbocycles. The Morgan fingerprint density at radius 3 is 2.38 bits per heavy atom. The lowest BCUT2D eigenvalue weighted by molar-refractivity contribution is -0.0590. The number of nitrogens with zero attached hydrogens (tertiary/aromatic N) is 2. The van der Waals surface area contributed by atoms with Crippen LogP contribution in [0.1, 0.15) is 44.9 Å². The van der Waals surface area contributed by atoms with Gasteiger partial charge in [-0.15, -0.1) is 0 Å². The molecule has 0 aliphatic heterocycles. The van der Waals surface area contributed by atoms with Gasteiger partial charge in [0.1, 0.15) is 0 Å². The van der Waals surface area contributed by atoms with E-state index in [1.165, 1.54) is 31.2 Å². The lowest BCUT2D eigenvalue weighted by Gasteiger charge is -2.57. The third kappa shape index (κ3) is 1.95. The van der Waals surface area contributed by atoms with E-state index >= 15 is 0 Å². The van der Waals surface area contributed by atoms with Gasteiger partial charge in [0.25, 0.3) is 0 Å². The number of aromatic nitrogens is 2. The van der Waals surface area contributed by atoms with E-state index in [9.17, 15) is 0 Å². The van der Waals surface area contributed by atoms with E-state index in [4.69, 9.17) is 0 Å². The minimum absolute atomic E-state index is 0.681. The van der Waals surface area contributed by atoms with Crippen molar-refractivity contribution in [1.29, 1.82) is 0 Å². The molecular formula is C19H24N2. The van der Waals surface area contributed by atoms with Crippen molar-refractivity contribution in [3.63, 3.8) is 0 Å². The molecule has 0 N–H and O–H groups in total. The van der Waals surface area contributed by atoms with Crippen molar-refractivity contribution in [2.75, 3.05) is 0 Å². The van der Waals surface area contributed by atoms with Crippen LogP contribution in [0.15, 0.2) is 30.6 Å². The summed E-state index contributed by atoms with van der Waals surface area (Å²) in [5.41, 5.74) is 3.13. The number of hydrogen-bond acceptors (Lipinski definition) is 1. The van der Waals surface area contributed by atoms with Crippen LogP contribution in [0.2, 0.25) is 0 Å². The summed E-state index contributed by atoms with van der Waals surface area (Å²) in [5.74, 6) is 3.20. The fourth-order valence-electron chi connectivity index (χ4n) is 6.14. The van der Waals surface area contributed by atoms with Gasteiger partial charge < -0.3 is 4.57 Å². The molecule has 0 radical (unpaired) electrons. The molecule has 2 heteroatoms. The zero-order valence-corrected chi connectivity index (χ0v) is 12.7. The molecule has 6 rings (SSSR count). The van der Waals surface area contributed by atoms with E-state index in [0.29, 0.717) is 5.41 Å². The molecule has 4 fully saturated rings. The molecule has 1 aromatic heterocycles. The maximum atomic E-state index is 4.55. The first-order valence-corrected chi connectivity index (χ1v) is 8.70. The fraction of sp³-hybridized carbons (Fsp3) is 0.632. The molecule has 1 aromatic carbocycles. The van der Waals surface area contributed by atoms with Crippen molar-refractivity contribution in [2.24, 2.45) is 23.2 Å². The van der Waals surface area contributed by atoms with Crippen LogP contribution in [0, 0.1) is 23.2 Å². The molecule has 1 heterocycles. The Balaban J connectivity index is 1.38. The van der Waals surface area contributed by atoms with E-state index in [1.807, 2.05) is 6.33 Å². The SMILES string of the molecule is c1ccc2c(c1)ncn2CCC12CC3CC(CC(C3)C1)C2. The van der Waals surface area contributed by atoms with Gasteiger partial charge in [-0.2, -0.15) is 0 Å². The zero-order valence-electron chi connectivity index (χ0n) is 12.7. The van der Waals surface area contributed by atoms with Gasteiger partial charge >= 0.3 is 0 Å². The summed E-state index contributed by atoms with van der Waals surface area (Å²) < 4.78 is 2.38. The Bertz CT molecular complexity index is 634. The Morgan fingerprint density at radius 2 is 1.67 bits per heavy atom. The van der Waals surface area contributed by atoms with E-state index in [-0.39, 0.29) is 0 Å². The number of fused-ring (bicyclic) bond motifs is 1. The average Bonchev–Trinajstić information content (AvgIpc) is 2.87. The largest absolute Gasteiger partial charge is 0.331 e. The van der Waals surface area contributed by atoms with Crippen LogP contribution in [0.5, 0.6) is 0 Å². The lowest BCUT2D eigenvalue weighted by atomic mass is 9.49. The van der Waals surface area contributed by atoms with Crippen molar-refractivity contribution < 1.29 is 0 Å². The van der Waals surface area contributed by atoms with Crippen LogP contribution in [0.3, 0.4) is 0 Å². The number of rotatable bonds is 3. The molecule has 4 aliphatic carbocycles. The van der Waals surface area contributed by atoms with Gasteiger partial charge in [-0.05, 0) is 80.2 Å². The van der Waals surface area contributed by atoms with E-state index in [1.54, 1.807) is 19.3 Å². The summed E-state index contributed by atoms with van der Waals surface area (Å²) >= 11 is 0. The second-order valence-electron chi connectivity index (χ2n) is 8.09. The predicted molar refractivity (Wildman–Crippen MR) is 85.0 cm³/mol. The summed E-state index contributed by atoms with van der Waals surface area (Å²) in [6.45, 7) is 1.16. The summed E-state index contributed by atoms with van der Waals surface area (Å²) in [6, 6.07) is 8.54. The van der Waals surface area contributed by atoms with Gasteiger partial charge in [-0.1, -0.05) is 12.1 Å². The number of imidazole rings is 1. The fourth-order valence-corrected chi connectivity index (χ4v) is 6.14. The molecular weight excluding hydrogens is 256 g/mol. The topological polar surface area (TPSA) is 17.8 Å². The number of aryl methyl sites for hydroxylation is 1. The summed E-state index contributed by atoms with van der Waals surface area (Å²) in [4.78, 5) is 4.55. The van der Waals surface area contributed by atoms with Crippen LogP contribution in [-0.4, -0.2) is 9.55 Å². The summed E-state index contributed by atoms with van der Waals surface area (Å²) in [7, 11) is 0. The molecule has 0 saturated heterocycles. The van der Waals surface area contributed by atoms with Gasteiger partial charge in [0.15, 0.2) is 0 Å². The maximum Gasteiger partial charge on any atom is 0.0958 e. The molecule has 21 heavy (non-hydrogen) atoms. The Labute approximate surface area is 126 Å². The van der Waals surface area contributed by atoms with Crippen LogP contribution in [0.25, 0.3) is 11.0 Å². The number of benzene rings is 1. The standard InChI is InChI=1S/C19H24N2/c1-2-4-18-17(3-1)20-13-21(18)6-5-19-10-14-7-15(11-19)9-16(8-14)12-19/h1-4,13-16H,5-12H2. The van der Waals surface area contributed by atoms with Crippen molar-refractivity contribution in [1.82, 2.24) is 9.55 Å². The van der Waals surface area contributed by atoms with Crippen LogP contribution in [-0.2, 0) is 6.54 Å². The quantitative estimate of drug-likeness (QED) is 0.800. The highest BCUT2D eigenvalue weighted by Crippen LogP contribution is 2.61. The van der Waals surface area contributed by atoms with Crippen molar-refractivity contribution in [3.05, 3.63) is 30.6 Å². The highest BCUT2D eigenvalue weighted by atomic mass is 15.0. The number of para-hydroxylation sites is 2. The summed E-state index contributed by atoms with van der Waals surface area (Å²) in [6.07, 6.45) is 12.6. The van der Waals surface area contributed by atoms with Crippen LogP contribution >= 0.6 is 0 Å². The van der Waals surface area contributed by atoms with Crippen molar-refractivity contribution in [2.45, 2.75) is 51.5 Å². The highest BCUT2D eigenvalue weighted by Gasteiger charge is 2.50. The molecule has 0 spiro atoms. The molecule has 0 atom stereocenters. The molecule has 0 unspecified atom stereocenters. The van der Waals surface area contributed by atoms with E-state index in [0.717, 1.165) is 29.8 Å². The first-order valence-electron chi connectivity index (χ1n) is 8.70. The minimum Gasteiger partial charge on any atom is -0.331 e. The summed E-state index contributed by atoms with van der Waals surface area (Å²) in [5, 5.41) is 0. The van der Waals surface area contributed by atoms with Gasteiger partial charge in [0.2, 0.25) is 0 Å². The Morgan fingerprint density at radius 1 is 1.00 bits per heavy atom. The van der Waals surface area contributed by atoms with E-state index < -0.39 is 0 Å². The van der Waals surface area contributed by atoms with Crippen molar-refractivity contribution in [3.8, 4) is 0 Å². The normalized spacial score (nSPS) is 37.4. The van der Waals surface area contributed by atoms with Gasteiger partial charge in [-0.3, -0.25) is 0 Å². The van der Waals surface area contributed by atoms with Crippen LogP contribution < -0.4 is 0 Å². The first kappa shape index (κ1) is 12.3. The Kier molecular flexibility index (Phi) is 2.54. The highest BCUT2D eigenvalue weighted by molar-refractivity contribution is 5.74. The third-order valence-electron chi connectivity index (χ3n) is 6.58. The molecule has 2 nitrogen and oxygen atoms in total. The molecule has 0 amide bonds. The van der Waals surface area contributed by atoms with Gasteiger partial charge in [0.05, 0.1) is 17.4 Å². The molecule has 4 aliphatic rings. The number of hydrogen-bond donors (Lipinski definition) is 0. The van der Waals surface area contributed by atoms with Gasteiger partial charge in [0, 0.05) is 6.54 Å². The van der Waals surface area contributed by atoms with Crippen LogP contribution in [0.4, 0.5) is 0 Å². The lowest BCUT2D eigenvalue weighted by Crippen LogP contribution is -2.46. The molecule has 2 aromatic rings. The van der Waals surface area contributed by atoms with Gasteiger partial charge in [-0.25, -0.2) is 4.98 Å². The first-order chi connectivity index (χ1) is 10.3. The monoisotopic (exact) mass is 280 g/mol. The van der Waals surface area contributed by atoms with E-state index in [2.05, 4.69) is 33.8 Å². The Hall–Kier alpha value is -1.31. The van der Waals surface area contributed by atoms with Crippen molar-refractivity contribution >= 4 is 11.0 Å². The second kappa shape index (κ2) is 4.34. The third-order valence-corrected chi connectivity index (χ3v) is 6.58. The smallest absolute Gasteiger partial charge is 0.0958 e. The zero-order chi connectivity index (χ0) is 13.9. The average molecular weight is 280 g/mol. The maximum absolute atomic E-state index is 4.55. The molecule has 110 valence electrons. The predicted octanol–water partition coefficient (Wildman–Crippen LogP) is 4.64. The molecule has 4 bridgehead atoms.